The lowest BCUT2D eigenvalue weighted by molar-refractivity contribution is 0.252. The molecule has 0 atom stereocenters. The zero-order chi connectivity index (χ0) is 11.4. The molecule has 0 bridgehead atoms. The highest BCUT2D eigenvalue weighted by Crippen LogP contribution is 2.24. The van der Waals surface area contributed by atoms with Gasteiger partial charge in [0.25, 0.3) is 11.1 Å². The normalized spacial score (nSPS) is 10.4. The number of thioether (sulfide) groups is 1. The molecule has 0 radical (unpaired) electrons. The van der Waals surface area contributed by atoms with E-state index in [0.29, 0.717) is 21.9 Å². The highest BCUT2D eigenvalue weighted by molar-refractivity contribution is 7.98. The van der Waals surface area contributed by atoms with Gasteiger partial charge in [0.15, 0.2) is 6.61 Å². The minimum atomic E-state index is 0.220. The van der Waals surface area contributed by atoms with Crippen molar-refractivity contribution in [2.75, 3.05) is 6.26 Å². The number of benzene rings is 1. The molecule has 0 amide bonds. The maximum atomic E-state index is 5.93. The molecule has 0 aliphatic carbocycles. The number of nitrogens with zero attached hydrogens (tertiary/aromatic N) is 2. The standard InChI is InChI=1S/C10H9ClN2O2S/c1-16-10-13-12-9(15-10)6-14-8-5-3-2-4-7(8)11/h2-5H,6H2,1H3. The molecule has 2 aromatic rings. The van der Waals surface area contributed by atoms with Crippen molar-refractivity contribution in [1.29, 1.82) is 0 Å². The lowest BCUT2D eigenvalue weighted by Gasteiger charge is -2.04. The Kier molecular flexibility index (Phi) is 3.69. The van der Waals surface area contributed by atoms with Crippen molar-refractivity contribution >= 4 is 23.4 Å². The topological polar surface area (TPSA) is 48.2 Å². The van der Waals surface area contributed by atoms with Gasteiger partial charge in [0, 0.05) is 0 Å². The number of hydrogen-bond acceptors (Lipinski definition) is 5. The van der Waals surface area contributed by atoms with Crippen molar-refractivity contribution in [3.8, 4) is 5.75 Å². The second kappa shape index (κ2) is 5.23. The smallest absolute Gasteiger partial charge is 0.276 e. The first kappa shape index (κ1) is 11.3. The fraction of sp³-hybridized carbons (Fsp3) is 0.200. The third-order valence-electron chi connectivity index (χ3n) is 1.81. The van der Waals surface area contributed by atoms with E-state index in [-0.39, 0.29) is 6.61 Å². The quantitative estimate of drug-likeness (QED) is 0.787. The highest BCUT2D eigenvalue weighted by Gasteiger charge is 2.06. The van der Waals surface area contributed by atoms with Gasteiger partial charge < -0.3 is 9.15 Å². The molecule has 16 heavy (non-hydrogen) atoms. The summed E-state index contributed by atoms with van der Waals surface area (Å²) in [6.07, 6.45) is 1.87. The van der Waals surface area contributed by atoms with E-state index >= 15 is 0 Å². The van der Waals surface area contributed by atoms with E-state index in [1.807, 2.05) is 18.4 Å². The minimum Gasteiger partial charge on any atom is -0.482 e. The summed E-state index contributed by atoms with van der Waals surface area (Å²) in [7, 11) is 0. The summed E-state index contributed by atoms with van der Waals surface area (Å²) >= 11 is 7.32. The fourth-order valence-electron chi connectivity index (χ4n) is 1.08. The Hall–Kier alpha value is -1.20. The number of ether oxygens (including phenoxy) is 1. The summed E-state index contributed by atoms with van der Waals surface area (Å²) in [6.45, 7) is 0.220. The van der Waals surface area contributed by atoms with Crippen LogP contribution in [0.5, 0.6) is 5.75 Å². The maximum Gasteiger partial charge on any atom is 0.276 e. The first-order valence-corrected chi connectivity index (χ1v) is 6.13. The Morgan fingerprint density at radius 1 is 1.38 bits per heavy atom. The van der Waals surface area contributed by atoms with Gasteiger partial charge in [-0.2, -0.15) is 0 Å². The molecule has 0 unspecified atom stereocenters. The van der Waals surface area contributed by atoms with Crippen LogP contribution in [0.2, 0.25) is 5.02 Å². The highest BCUT2D eigenvalue weighted by atomic mass is 35.5. The van der Waals surface area contributed by atoms with E-state index in [4.69, 9.17) is 20.8 Å². The van der Waals surface area contributed by atoms with Gasteiger partial charge in [-0.15, -0.1) is 10.2 Å². The number of halogens is 1. The first-order valence-electron chi connectivity index (χ1n) is 4.53. The molecule has 84 valence electrons. The van der Waals surface area contributed by atoms with Crippen molar-refractivity contribution in [1.82, 2.24) is 10.2 Å². The molecule has 1 aromatic carbocycles. The summed E-state index contributed by atoms with van der Waals surface area (Å²) in [6, 6.07) is 7.24. The van der Waals surface area contributed by atoms with Gasteiger partial charge >= 0.3 is 0 Å². The largest absolute Gasteiger partial charge is 0.482 e. The monoisotopic (exact) mass is 256 g/mol. The Morgan fingerprint density at radius 3 is 2.88 bits per heavy atom. The molecule has 0 saturated heterocycles. The first-order chi connectivity index (χ1) is 7.79. The van der Waals surface area contributed by atoms with Crippen molar-refractivity contribution in [3.63, 3.8) is 0 Å². The second-order valence-corrected chi connectivity index (χ2v) is 4.05. The van der Waals surface area contributed by atoms with Crippen LogP contribution in [-0.2, 0) is 6.61 Å². The molecule has 0 N–H and O–H groups in total. The van der Waals surface area contributed by atoms with E-state index in [2.05, 4.69) is 10.2 Å². The number of para-hydroxylation sites is 1. The van der Waals surface area contributed by atoms with Crippen LogP contribution in [0, 0.1) is 0 Å². The molecule has 0 saturated carbocycles. The van der Waals surface area contributed by atoms with E-state index in [9.17, 15) is 0 Å². The average Bonchev–Trinajstić information content (AvgIpc) is 2.76. The van der Waals surface area contributed by atoms with Crippen LogP contribution in [0.15, 0.2) is 33.9 Å². The molecule has 0 aliphatic rings. The fourth-order valence-corrected chi connectivity index (χ4v) is 1.57. The van der Waals surface area contributed by atoms with Crippen molar-refractivity contribution in [2.45, 2.75) is 11.8 Å². The third kappa shape index (κ3) is 2.68. The third-order valence-corrected chi connectivity index (χ3v) is 2.64. The number of aromatic nitrogens is 2. The van der Waals surface area contributed by atoms with Crippen LogP contribution in [-0.4, -0.2) is 16.5 Å². The van der Waals surface area contributed by atoms with Crippen LogP contribution in [0.4, 0.5) is 0 Å². The Bertz CT molecular complexity index is 475. The van der Waals surface area contributed by atoms with E-state index in [1.165, 1.54) is 11.8 Å². The Balaban J connectivity index is 1.99. The summed E-state index contributed by atoms with van der Waals surface area (Å²) in [5, 5.41) is 8.72. The van der Waals surface area contributed by atoms with E-state index in [1.54, 1.807) is 12.1 Å². The van der Waals surface area contributed by atoms with Gasteiger partial charge in [0.2, 0.25) is 0 Å². The molecule has 2 rings (SSSR count). The van der Waals surface area contributed by atoms with Crippen LogP contribution in [0.3, 0.4) is 0 Å². The Labute approximate surface area is 102 Å². The predicted octanol–water partition coefficient (Wildman–Crippen LogP) is 3.02. The minimum absolute atomic E-state index is 0.220. The molecule has 0 fully saturated rings. The van der Waals surface area contributed by atoms with Gasteiger partial charge in [0.1, 0.15) is 5.75 Å². The summed E-state index contributed by atoms with van der Waals surface area (Å²) in [5.74, 6) is 1.04. The van der Waals surface area contributed by atoms with Crippen molar-refractivity contribution in [3.05, 3.63) is 35.2 Å². The van der Waals surface area contributed by atoms with Crippen LogP contribution in [0.25, 0.3) is 0 Å². The zero-order valence-corrected chi connectivity index (χ0v) is 10.1. The number of hydrogen-bond donors (Lipinski definition) is 0. The maximum absolute atomic E-state index is 5.93. The SMILES string of the molecule is CSc1nnc(COc2ccccc2Cl)o1. The molecule has 1 heterocycles. The lowest BCUT2D eigenvalue weighted by Crippen LogP contribution is -1.95. The second-order valence-electron chi connectivity index (χ2n) is 2.88. The predicted molar refractivity (Wildman–Crippen MR) is 61.9 cm³/mol. The summed E-state index contributed by atoms with van der Waals surface area (Å²) in [4.78, 5) is 0. The van der Waals surface area contributed by atoms with Crippen LogP contribution >= 0.6 is 23.4 Å². The van der Waals surface area contributed by atoms with Gasteiger partial charge in [-0.25, -0.2) is 0 Å². The van der Waals surface area contributed by atoms with E-state index in [0.717, 1.165) is 0 Å². The number of rotatable bonds is 4. The van der Waals surface area contributed by atoms with Crippen molar-refractivity contribution in [2.24, 2.45) is 0 Å². The average molecular weight is 257 g/mol. The molecular weight excluding hydrogens is 248 g/mol. The molecule has 6 heteroatoms. The van der Waals surface area contributed by atoms with Crippen LogP contribution < -0.4 is 4.74 Å². The van der Waals surface area contributed by atoms with Gasteiger partial charge in [-0.1, -0.05) is 35.5 Å². The molecule has 0 aliphatic heterocycles. The van der Waals surface area contributed by atoms with Crippen molar-refractivity contribution < 1.29 is 9.15 Å². The molecule has 4 nitrogen and oxygen atoms in total. The lowest BCUT2D eigenvalue weighted by atomic mass is 10.3. The van der Waals surface area contributed by atoms with Gasteiger partial charge in [-0.05, 0) is 18.4 Å². The molecule has 0 spiro atoms. The Morgan fingerprint density at radius 2 is 2.19 bits per heavy atom. The van der Waals surface area contributed by atoms with Crippen LogP contribution in [0.1, 0.15) is 5.89 Å². The zero-order valence-electron chi connectivity index (χ0n) is 8.51. The summed E-state index contributed by atoms with van der Waals surface area (Å²) in [5.41, 5.74) is 0. The van der Waals surface area contributed by atoms with Gasteiger partial charge in [0.05, 0.1) is 5.02 Å². The molecular formula is C10H9ClN2O2S. The molecule has 1 aromatic heterocycles. The van der Waals surface area contributed by atoms with E-state index < -0.39 is 0 Å². The van der Waals surface area contributed by atoms with Gasteiger partial charge in [-0.3, -0.25) is 0 Å². The summed E-state index contributed by atoms with van der Waals surface area (Å²) < 4.78 is 10.7.